The van der Waals surface area contributed by atoms with Crippen molar-refractivity contribution in [1.29, 1.82) is 0 Å². The van der Waals surface area contributed by atoms with Crippen LogP contribution in [0.3, 0.4) is 0 Å². The van der Waals surface area contributed by atoms with Crippen LogP contribution >= 0.6 is 0 Å². The third-order valence-electron chi connectivity index (χ3n) is 3.08. The highest BCUT2D eigenvalue weighted by molar-refractivity contribution is 5.77. The van der Waals surface area contributed by atoms with E-state index in [-0.39, 0.29) is 18.6 Å². The molecule has 0 aliphatic rings. The topological polar surface area (TPSA) is 58.6 Å². The van der Waals surface area contributed by atoms with Crippen LogP contribution in [0.1, 0.15) is 45.3 Å². The lowest BCUT2D eigenvalue weighted by Crippen LogP contribution is -2.37. The Kier molecular flexibility index (Phi) is 6.36. The molecule has 4 heteroatoms. The van der Waals surface area contributed by atoms with Gasteiger partial charge in [0, 0.05) is 6.04 Å². The van der Waals surface area contributed by atoms with E-state index in [9.17, 15) is 9.90 Å². The van der Waals surface area contributed by atoms with E-state index in [0.29, 0.717) is 5.75 Å². The van der Waals surface area contributed by atoms with Gasteiger partial charge in [0.2, 0.25) is 0 Å². The zero-order valence-corrected chi connectivity index (χ0v) is 11.8. The summed E-state index contributed by atoms with van der Waals surface area (Å²) in [4.78, 5) is 11.6. The molecule has 0 bridgehead atoms. The molecule has 4 nitrogen and oxygen atoms in total. The number of aliphatic hydroxyl groups excluding tert-OH is 1. The highest BCUT2D eigenvalue weighted by Gasteiger charge is 2.09. The molecular formula is C15H23NO3. The zero-order chi connectivity index (χ0) is 14.3. The average molecular weight is 265 g/mol. The van der Waals surface area contributed by atoms with Gasteiger partial charge < -0.3 is 15.2 Å². The molecule has 1 rings (SSSR count). The molecule has 19 heavy (non-hydrogen) atoms. The highest BCUT2D eigenvalue weighted by atomic mass is 16.5. The molecule has 0 aliphatic heterocycles. The average Bonchev–Trinajstić information content (AvgIpc) is 2.43. The van der Waals surface area contributed by atoms with Crippen LogP contribution in [0.5, 0.6) is 5.75 Å². The minimum Gasteiger partial charge on any atom is -0.484 e. The number of ether oxygens (including phenoxy) is 1. The Bertz CT molecular complexity index is 383. The van der Waals surface area contributed by atoms with Gasteiger partial charge in [-0.2, -0.15) is 0 Å². The third kappa shape index (κ3) is 5.30. The van der Waals surface area contributed by atoms with E-state index in [1.165, 1.54) is 0 Å². The smallest absolute Gasteiger partial charge is 0.258 e. The van der Waals surface area contributed by atoms with Crippen molar-refractivity contribution >= 4 is 5.91 Å². The van der Waals surface area contributed by atoms with E-state index in [1.807, 2.05) is 13.8 Å². The largest absolute Gasteiger partial charge is 0.484 e. The summed E-state index contributed by atoms with van der Waals surface area (Å²) in [5.74, 6) is 0.525. The minimum atomic E-state index is -0.493. The number of benzene rings is 1. The number of carbonyl (C=O) groups excluding carboxylic acids is 1. The molecule has 0 aliphatic carbocycles. The molecule has 1 aromatic rings. The molecular weight excluding hydrogens is 242 g/mol. The quantitative estimate of drug-likeness (QED) is 0.796. The van der Waals surface area contributed by atoms with Crippen molar-refractivity contribution in [2.24, 2.45) is 0 Å². The van der Waals surface area contributed by atoms with E-state index in [2.05, 4.69) is 5.32 Å². The van der Waals surface area contributed by atoms with E-state index in [1.54, 1.807) is 31.2 Å². The molecule has 106 valence electrons. The van der Waals surface area contributed by atoms with Crippen LogP contribution in [0.4, 0.5) is 0 Å². The molecule has 0 saturated heterocycles. The Morgan fingerprint density at radius 3 is 2.32 bits per heavy atom. The van der Waals surface area contributed by atoms with Gasteiger partial charge in [0.1, 0.15) is 5.75 Å². The molecule has 0 aromatic heterocycles. The molecule has 2 N–H and O–H groups in total. The Morgan fingerprint density at radius 1 is 1.26 bits per heavy atom. The summed E-state index contributed by atoms with van der Waals surface area (Å²) in [5.41, 5.74) is 0.828. The summed E-state index contributed by atoms with van der Waals surface area (Å²) in [7, 11) is 0. The maximum atomic E-state index is 11.6. The van der Waals surface area contributed by atoms with Crippen LogP contribution in [-0.2, 0) is 4.79 Å². The van der Waals surface area contributed by atoms with Crippen molar-refractivity contribution in [1.82, 2.24) is 5.32 Å². The van der Waals surface area contributed by atoms with E-state index in [4.69, 9.17) is 4.74 Å². The molecule has 0 radical (unpaired) electrons. The van der Waals surface area contributed by atoms with Gasteiger partial charge >= 0.3 is 0 Å². The Morgan fingerprint density at radius 2 is 1.84 bits per heavy atom. The van der Waals surface area contributed by atoms with Gasteiger partial charge in [0.25, 0.3) is 5.91 Å². The number of hydrogen-bond donors (Lipinski definition) is 2. The summed E-state index contributed by atoms with van der Waals surface area (Å²) < 4.78 is 5.40. The Balaban J connectivity index is 2.41. The second-order valence-electron chi connectivity index (χ2n) is 4.61. The first kappa shape index (κ1) is 15.5. The van der Waals surface area contributed by atoms with Crippen LogP contribution in [-0.4, -0.2) is 23.7 Å². The van der Waals surface area contributed by atoms with Crippen molar-refractivity contribution in [2.75, 3.05) is 6.61 Å². The minimum absolute atomic E-state index is 0.0184. The first-order valence-electron chi connectivity index (χ1n) is 6.77. The van der Waals surface area contributed by atoms with E-state index in [0.717, 1.165) is 18.4 Å². The number of hydrogen-bond acceptors (Lipinski definition) is 3. The second kappa shape index (κ2) is 7.79. The van der Waals surface area contributed by atoms with Crippen molar-refractivity contribution in [3.05, 3.63) is 29.8 Å². The summed E-state index contributed by atoms with van der Waals surface area (Å²) in [6, 6.07) is 7.31. The highest BCUT2D eigenvalue weighted by Crippen LogP contribution is 2.17. The van der Waals surface area contributed by atoms with Gasteiger partial charge in [0.15, 0.2) is 6.61 Å². The SMILES string of the molecule is CCC(CC)NC(=O)COc1ccc([C@H](C)O)cc1. The number of nitrogens with one attached hydrogen (secondary N) is 1. The monoisotopic (exact) mass is 265 g/mol. The maximum absolute atomic E-state index is 11.6. The van der Waals surface area contributed by atoms with Gasteiger partial charge in [0.05, 0.1) is 6.10 Å². The fourth-order valence-electron chi connectivity index (χ4n) is 1.75. The fourth-order valence-corrected chi connectivity index (χ4v) is 1.75. The number of amides is 1. The third-order valence-corrected chi connectivity index (χ3v) is 3.08. The van der Waals surface area contributed by atoms with Gasteiger partial charge in [-0.1, -0.05) is 26.0 Å². The molecule has 0 spiro atoms. The Hall–Kier alpha value is -1.55. The van der Waals surface area contributed by atoms with Gasteiger partial charge in [-0.15, -0.1) is 0 Å². The predicted molar refractivity (Wildman–Crippen MR) is 75.1 cm³/mol. The second-order valence-corrected chi connectivity index (χ2v) is 4.61. The van der Waals surface area contributed by atoms with Crippen molar-refractivity contribution < 1.29 is 14.6 Å². The molecule has 1 amide bonds. The molecule has 0 saturated carbocycles. The fraction of sp³-hybridized carbons (Fsp3) is 0.533. The lowest BCUT2D eigenvalue weighted by atomic mass is 10.1. The molecule has 0 unspecified atom stereocenters. The molecule has 1 aromatic carbocycles. The maximum Gasteiger partial charge on any atom is 0.258 e. The van der Waals surface area contributed by atoms with E-state index >= 15 is 0 Å². The lowest BCUT2D eigenvalue weighted by molar-refractivity contribution is -0.123. The first-order chi connectivity index (χ1) is 9.06. The van der Waals surface area contributed by atoms with Crippen LogP contribution < -0.4 is 10.1 Å². The van der Waals surface area contributed by atoms with Crippen LogP contribution in [0.25, 0.3) is 0 Å². The van der Waals surface area contributed by atoms with Crippen LogP contribution in [0.2, 0.25) is 0 Å². The standard InChI is InChI=1S/C15H23NO3/c1-4-13(5-2)16-15(18)10-19-14-8-6-12(7-9-14)11(3)17/h6-9,11,13,17H,4-5,10H2,1-3H3,(H,16,18)/t11-/m0/s1. The number of carbonyl (C=O) groups is 1. The lowest BCUT2D eigenvalue weighted by Gasteiger charge is -2.15. The van der Waals surface area contributed by atoms with E-state index < -0.39 is 6.10 Å². The normalized spacial score (nSPS) is 12.3. The van der Waals surface area contributed by atoms with Crippen LogP contribution in [0, 0.1) is 0 Å². The molecule has 1 atom stereocenters. The predicted octanol–water partition coefficient (Wildman–Crippen LogP) is 2.42. The molecule has 0 heterocycles. The van der Waals surface area contributed by atoms with Gasteiger partial charge in [-0.05, 0) is 37.5 Å². The summed E-state index contributed by atoms with van der Waals surface area (Å²) in [6.45, 7) is 5.82. The van der Waals surface area contributed by atoms with Crippen molar-refractivity contribution in [3.63, 3.8) is 0 Å². The molecule has 0 fully saturated rings. The van der Waals surface area contributed by atoms with Crippen LogP contribution in [0.15, 0.2) is 24.3 Å². The number of rotatable bonds is 7. The zero-order valence-electron chi connectivity index (χ0n) is 11.8. The van der Waals surface area contributed by atoms with Gasteiger partial charge in [-0.3, -0.25) is 4.79 Å². The van der Waals surface area contributed by atoms with Gasteiger partial charge in [-0.25, -0.2) is 0 Å². The Labute approximate surface area is 114 Å². The summed E-state index contributed by atoms with van der Waals surface area (Å²) in [6.07, 6.45) is 1.35. The first-order valence-corrected chi connectivity index (χ1v) is 6.77. The number of aliphatic hydroxyl groups is 1. The van der Waals surface area contributed by atoms with Crippen molar-refractivity contribution in [3.8, 4) is 5.75 Å². The van der Waals surface area contributed by atoms with Crippen molar-refractivity contribution in [2.45, 2.75) is 45.8 Å². The summed E-state index contributed by atoms with van der Waals surface area (Å²) >= 11 is 0. The summed E-state index contributed by atoms with van der Waals surface area (Å²) in [5, 5.41) is 12.3.